The third-order valence-electron chi connectivity index (χ3n) is 4.16. The van der Waals surface area contributed by atoms with E-state index < -0.39 is 17.3 Å². The van der Waals surface area contributed by atoms with Gasteiger partial charge in [0, 0.05) is 12.7 Å². The zero-order chi connectivity index (χ0) is 17.4. The lowest BCUT2D eigenvalue weighted by Crippen LogP contribution is -2.41. The van der Waals surface area contributed by atoms with Crippen molar-refractivity contribution in [3.05, 3.63) is 51.3 Å². The van der Waals surface area contributed by atoms with Gasteiger partial charge in [0.05, 0.1) is 0 Å². The molecule has 0 spiro atoms. The first-order valence-corrected chi connectivity index (χ1v) is 7.87. The molecule has 0 saturated carbocycles. The number of benzene rings is 1. The molecule has 0 radical (unpaired) electrons. The Hall–Kier alpha value is -3.36. The number of hydrogen-bond acceptors (Lipinski definition) is 6. The summed E-state index contributed by atoms with van der Waals surface area (Å²) in [5.74, 6) is -0.350. The lowest BCUT2D eigenvalue weighted by atomic mass is 10.2. The fourth-order valence-corrected chi connectivity index (χ4v) is 2.97. The molecule has 1 aliphatic heterocycles. The van der Waals surface area contributed by atoms with Gasteiger partial charge in [0.1, 0.15) is 17.2 Å². The predicted octanol–water partition coefficient (Wildman–Crippen LogP) is 0.812. The Labute approximate surface area is 140 Å². The lowest BCUT2D eigenvalue weighted by Gasteiger charge is -2.21. The molecule has 1 aromatic carbocycles. The molecule has 1 fully saturated rings. The predicted molar refractivity (Wildman–Crippen MR) is 90.7 cm³/mol. The zero-order valence-electron chi connectivity index (χ0n) is 13.1. The van der Waals surface area contributed by atoms with Crippen LogP contribution < -0.4 is 21.5 Å². The summed E-state index contributed by atoms with van der Waals surface area (Å²) in [4.78, 5) is 46.0. The van der Waals surface area contributed by atoms with Gasteiger partial charge in [-0.15, -0.1) is 0 Å². The van der Waals surface area contributed by atoms with E-state index in [2.05, 4.69) is 20.3 Å². The molecule has 3 aromatic rings. The molecule has 2 aromatic heterocycles. The van der Waals surface area contributed by atoms with E-state index in [1.165, 1.54) is 6.20 Å². The smallest absolute Gasteiger partial charge is 0.325 e. The Kier molecular flexibility index (Phi) is 3.60. The van der Waals surface area contributed by atoms with E-state index in [1.54, 1.807) is 4.90 Å². The number of oxazole rings is 1. The van der Waals surface area contributed by atoms with Gasteiger partial charge in [-0.25, -0.2) is 4.79 Å². The molecule has 1 aliphatic rings. The molecule has 0 aliphatic carbocycles. The summed E-state index contributed by atoms with van der Waals surface area (Å²) in [7, 11) is 0. The second-order valence-corrected chi connectivity index (χ2v) is 5.79. The normalized spacial score (nSPS) is 17.1. The average Bonchev–Trinajstić information content (AvgIpc) is 3.23. The van der Waals surface area contributed by atoms with Crippen molar-refractivity contribution in [2.24, 2.45) is 0 Å². The number of carbonyl (C=O) groups is 1. The van der Waals surface area contributed by atoms with Crippen molar-refractivity contribution >= 4 is 28.7 Å². The van der Waals surface area contributed by atoms with Crippen molar-refractivity contribution in [2.45, 2.75) is 18.9 Å². The molecule has 1 saturated heterocycles. The minimum atomic E-state index is -0.650. The number of carbonyl (C=O) groups excluding carboxylic acids is 1. The topological polar surface area (TPSA) is 124 Å². The first kappa shape index (κ1) is 15.2. The minimum Gasteiger partial charge on any atom is -0.423 e. The van der Waals surface area contributed by atoms with Crippen molar-refractivity contribution in [1.82, 2.24) is 15.0 Å². The van der Waals surface area contributed by atoms with Gasteiger partial charge in [-0.1, -0.05) is 12.1 Å². The average molecular weight is 341 g/mol. The van der Waals surface area contributed by atoms with Crippen LogP contribution >= 0.6 is 0 Å². The number of amides is 1. The fourth-order valence-electron chi connectivity index (χ4n) is 2.97. The Morgan fingerprint density at radius 3 is 2.96 bits per heavy atom. The first-order valence-electron chi connectivity index (χ1n) is 7.87. The van der Waals surface area contributed by atoms with E-state index in [1.807, 2.05) is 24.3 Å². The highest BCUT2D eigenvalue weighted by Crippen LogP contribution is 2.28. The molecule has 9 heteroatoms. The number of nitrogens with zero attached hydrogens (tertiary/aromatic N) is 2. The summed E-state index contributed by atoms with van der Waals surface area (Å²) in [5, 5.41) is 2.55. The zero-order valence-corrected chi connectivity index (χ0v) is 13.1. The second-order valence-electron chi connectivity index (χ2n) is 5.79. The maximum absolute atomic E-state index is 12.6. The van der Waals surface area contributed by atoms with Gasteiger partial charge in [-0.3, -0.25) is 14.6 Å². The van der Waals surface area contributed by atoms with Gasteiger partial charge in [0.2, 0.25) is 5.91 Å². The van der Waals surface area contributed by atoms with E-state index in [-0.39, 0.29) is 11.6 Å². The molecule has 1 atom stereocenters. The van der Waals surface area contributed by atoms with Crippen LogP contribution in [0.15, 0.2) is 44.5 Å². The Bertz CT molecular complexity index is 1020. The maximum Gasteiger partial charge on any atom is 0.325 e. The number of aromatic nitrogens is 3. The summed E-state index contributed by atoms with van der Waals surface area (Å²) < 4.78 is 5.74. The third kappa shape index (κ3) is 2.80. The van der Waals surface area contributed by atoms with Crippen LogP contribution in [0.2, 0.25) is 0 Å². The molecule has 9 nitrogen and oxygen atoms in total. The number of anilines is 2. The van der Waals surface area contributed by atoms with Gasteiger partial charge in [-0.05, 0) is 25.0 Å². The van der Waals surface area contributed by atoms with Crippen LogP contribution in [0, 0.1) is 0 Å². The van der Waals surface area contributed by atoms with Gasteiger partial charge in [-0.2, -0.15) is 4.98 Å². The number of fused-ring (bicyclic) bond motifs is 1. The van der Waals surface area contributed by atoms with E-state index in [0.717, 1.165) is 11.9 Å². The molecule has 3 N–H and O–H groups in total. The van der Waals surface area contributed by atoms with Crippen LogP contribution in [0.25, 0.3) is 11.1 Å². The van der Waals surface area contributed by atoms with Crippen molar-refractivity contribution in [2.75, 3.05) is 16.8 Å². The lowest BCUT2D eigenvalue weighted by molar-refractivity contribution is -0.117. The van der Waals surface area contributed by atoms with E-state index >= 15 is 0 Å². The van der Waals surface area contributed by atoms with Gasteiger partial charge in [0.15, 0.2) is 5.58 Å². The van der Waals surface area contributed by atoms with Crippen LogP contribution in [0.5, 0.6) is 0 Å². The van der Waals surface area contributed by atoms with Gasteiger partial charge >= 0.3 is 5.69 Å². The van der Waals surface area contributed by atoms with E-state index in [4.69, 9.17) is 4.42 Å². The Morgan fingerprint density at radius 1 is 1.32 bits per heavy atom. The first-order chi connectivity index (χ1) is 12.1. The fraction of sp³-hybridized carbons (Fsp3) is 0.250. The summed E-state index contributed by atoms with van der Waals surface area (Å²) in [6, 6.07) is 7.26. The largest absolute Gasteiger partial charge is 0.423 e. The number of hydrogen-bond donors (Lipinski definition) is 3. The van der Waals surface area contributed by atoms with E-state index in [9.17, 15) is 14.4 Å². The summed E-state index contributed by atoms with van der Waals surface area (Å²) >= 11 is 0. The summed E-state index contributed by atoms with van der Waals surface area (Å²) in [6.45, 7) is 0.632. The standard InChI is InChI=1S/C16H15N5O4/c22-13-10(8-17-15(24)20-13)18-14(23)11-5-3-7-21(11)16-19-9-4-1-2-6-12(9)25-16/h1-2,4,6,8,11H,3,5,7H2,(H,18,23)(H2,17,20,22,24). The minimum absolute atomic E-state index is 0.00554. The number of para-hydroxylation sites is 2. The monoisotopic (exact) mass is 341 g/mol. The summed E-state index contributed by atoms with van der Waals surface area (Å²) in [6.07, 6.45) is 2.60. The van der Waals surface area contributed by atoms with Gasteiger partial charge in [0.25, 0.3) is 11.6 Å². The molecule has 1 amide bonds. The number of nitrogens with one attached hydrogen (secondary N) is 3. The van der Waals surface area contributed by atoms with Crippen LogP contribution in [0.1, 0.15) is 12.8 Å². The molecular weight excluding hydrogens is 326 g/mol. The SMILES string of the molecule is O=C(Nc1c[nH]c(=O)[nH]c1=O)C1CCCN1c1nc2ccccc2o1. The third-order valence-corrected chi connectivity index (χ3v) is 4.16. The second kappa shape index (κ2) is 5.93. The molecule has 3 heterocycles. The molecular formula is C16H15N5O4. The van der Waals surface area contributed by atoms with Crippen molar-refractivity contribution in [1.29, 1.82) is 0 Å². The molecule has 4 rings (SSSR count). The molecule has 0 bridgehead atoms. The number of rotatable bonds is 3. The summed E-state index contributed by atoms with van der Waals surface area (Å²) in [5.41, 5.74) is 0.0933. The highest BCUT2D eigenvalue weighted by molar-refractivity contribution is 5.96. The van der Waals surface area contributed by atoms with Crippen LogP contribution in [-0.4, -0.2) is 33.4 Å². The quantitative estimate of drug-likeness (QED) is 0.648. The van der Waals surface area contributed by atoms with Gasteiger partial charge < -0.3 is 19.6 Å². The highest BCUT2D eigenvalue weighted by Gasteiger charge is 2.34. The number of H-pyrrole nitrogens is 2. The Morgan fingerprint density at radius 2 is 2.16 bits per heavy atom. The van der Waals surface area contributed by atoms with Crippen LogP contribution in [-0.2, 0) is 4.79 Å². The van der Waals surface area contributed by atoms with Crippen LogP contribution in [0.4, 0.5) is 11.7 Å². The molecule has 128 valence electrons. The molecule has 25 heavy (non-hydrogen) atoms. The highest BCUT2D eigenvalue weighted by atomic mass is 16.4. The maximum atomic E-state index is 12.6. The van der Waals surface area contributed by atoms with Crippen molar-refractivity contribution in [3.8, 4) is 0 Å². The van der Waals surface area contributed by atoms with Crippen LogP contribution in [0.3, 0.4) is 0 Å². The Balaban J connectivity index is 1.59. The van der Waals surface area contributed by atoms with E-state index in [0.29, 0.717) is 24.6 Å². The number of aromatic amines is 2. The van der Waals surface area contributed by atoms with Crippen molar-refractivity contribution < 1.29 is 9.21 Å². The molecule has 1 unspecified atom stereocenters. The van der Waals surface area contributed by atoms with Crippen molar-refractivity contribution in [3.63, 3.8) is 0 Å².